The molecule has 1 fully saturated rings. The number of carbonyl (C=O) groups excluding carboxylic acids is 1. The van der Waals surface area contributed by atoms with Crippen LogP contribution in [0, 0.1) is 17.3 Å². The zero-order valence-corrected chi connectivity index (χ0v) is 20.6. The Hall–Kier alpha value is -2.90. The van der Waals surface area contributed by atoms with Crippen LogP contribution in [0.5, 0.6) is 5.88 Å². The van der Waals surface area contributed by atoms with Crippen molar-refractivity contribution in [2.45, 2.75) is 59.6 Å². The average molecular weight is 459 g/mol. The molecule has 2 atom stereocenters. The average Bonchev–Trinajstić information content (AvgIpc) is 2.81. The number of likely N-dealkylation sites (tertiary alicyclic amines) is 1. The van der Waals surface area contributed by atoms with Crippen LogP contribution in [0.25, 0.3) is 11.1 Å². The normalized spacial score (nSPS) is 20.7. The maximum Gasteiger partial charge on any atom is 0.410 e. The van der Waals surface area contributed by atoms with Crippen LogP contribution in [0.15, 0.2) is 30.6 Å². The molecule has 1 aliphatic heterocycles. The van der Waals surface area contributed by atoms with Gasteiger partial charge in [-0.05, 0) is 56.2 Å². The molecule has 33 heavy (non-hydrogen) atoms. The largest absolute Gasteiger partial charge is 0.480 e. The van der Waals surface area contributed by atoms with E-state index < -0.39 is 11.5 Å². The van der Waals surface area contributed by atoms with E-state index in [0.717, 1.165) is 12.0 Å². The molecular weight excluding hydrogens is 423 g/mol. The highest BCUT2D eigenvalue weighted by Gasteiger charge is 2.39. The molecule has 1 amide bonds. The molecule has 0 radical (unpaired) electrons. The Morgan fingerprint density at radius 1 is 1.21 bits per heavy atom. The number of amides is 1. The second-order valence-electron chi connectivity index (χ2n) is 10.5. The Morgan fingerprint density at radius 2 is 1.94 bits per heavy atom. The van der Waals surface area contributed by atoms with Crippen LogP contribution in [0.3, 0.4) is 0 Å². The van der Waals surface area contributed by atoms with Crippen molar-refractivity contribution in [2.24, 2.45) is 11.3 Å². The summed E-state index contributed by atoms with van der Waals surface area (Å²) in [6.07, 6.45) is 3.68. The summed E-state index contributed by atoms with van der Waals surface area (Å²) in [4.78, 5) is 22.7. The quantitative estimate of drug-likeness (QED) is 0.621. The number of carbonyl (C=O) groups is 1. The summed E-state index contributed by atoms with van der Waals surface area (Å²) in [6.45, 7) is 13.3. The number of methoxy groups -OCH3 is 1. The number of nitrogens with zero attached hydrogens (tertiary/aromatic N) is 3. The van der Waals surface area contributed by atoms with Gasteiger partial charge in [-0.1, -0.05) is 20.8 Å². The molecule has 8 heteroatoms. The van der Waals surface area contributed by atoms with Crippen molar-refractivity contribution in [1.29, 1.82) is 0 Å². The Morgan fingerprint density at radius 3 is 2.58 bits per heavy atom. The molecule has 0 saturated carbocycles. The molecule has 1 N–H and O–H groups in total. The molecule has 2 unspecified atom stereocenters. The molecular formula is C25H35FN4O3. The van der Waals surface area contributed by atoms with Gasteiger partial charge in [-0.3, -0.25) is 0 Å². The van der Waals surface area contributed by atoms with Gasteiger partial charge in [-0.25, -0.2) is 14.8 Å². The number of hydrogen-bond donors (Lipinski definition) is 1. The van der Waals surface area contributed by atoms with Gasteiger partial charge in [-0.15, -0.1) is 0 Å². The van der Waals surface area contributed by atoms with Crippen molar-refractivity contribution >= 4 is 11.8 Å². The molecule has 0 aliphatic carbocycles. The van der Waals surface area contributed by atoms with Gasteiger partial charge in [0, 0.05) is 43.2 Å². The number of halogens is 1. The predicted molar refractivity (Wildman–Crippen MR) is 127 cm³/mol. The van der Waals surface area contributed by atoms with Crippen molar-refractivity contribution in [3.05, 3.63) is 36.5 Å². The number of nitrogens with one attached hydrogen (secondary N) is 1. The number of anilines is 1. The minimum absolute atomic E-state index is 0.0879. The van der Waals surface area contributed by atoms with E-state index >= 15 is 0 Å². The zero-order valence-electron chi connectivity index (χ0n) is 20.6. The summed E-state index contributed by atoms with van der Waals surface area (Å²) in [5, 5.41) is 3.58. The third-order valence-corrected chi connectivity index (χ3v) is 5.84. The minimum atomic E-state index is -0.563. The summed E-state index contributed by atoms with van der Waals surface area (Å²) in [6, 6.07) is 4.91. The molecule has 180 valence electrons. The van der Waals surface area contributed by atoms with E-state index in [1.807, 2.05) is 26.8 Å². The fourth-order valence-electron chi connectivity index (χ4n) is 4.39. The monoisotopic (exact) mass is 458 g/mol. The van der Waals surface area contributed by atoms with E-state index in [1.54, 1.807) is 24.3 Å². The number of aromatic nitrogens is 2. The number of hydrogen-bond acceptors (Lipinski definition) is 6. The first-order valence-corrected chi connectivity index (χ1v) is 11.3. The van der Waals surface area contributed by atoms with Crippen molar-refractivity contribution in [3.8, 4) is 17.0 Å². The van der Waals surface area contributed by atoms with Crippen LogP contribution in [-0.4, -0.2) is 52.8 Å². The van der Waals surface area contributed by atoms with Crippen molar-refractivity contribution < 1.29 is 18.7 Å². The van der Waals surface area contributed by atoms with Gasteiger partial charge in [0.25, 0.3) is 0 Å². The Balaban J connectivity index is 1.93. The summed E-state index contributed by atoms with van der Waals surface area (Å²) >= 11 is 0. The van der Waals surface area contributed by atoms with Crippen molar-refractivity contribution in [2.75, 3.05) is 25.5 Å². The number of pyridine rings is 2. The third kappa shape index (κ3) is 6.33. The maximum absolute atomic E-state index is 13.7. The first kappa shape index (κ1) is 24.7. The summed E-state index contributed by atoms with van der Waals surface area (Å²) < 4.78 is 24.8. The second-order valence-corrected chi connectivity index (χ2v) is 10.5. The fraction of sp³-hybridized carbons (Fsp3) is 0.560. The van der Waals surface area contributed by atoms with Crippen LogP contribution in [0.2, 0.25) is 0 Å². The molecule has 3 heterocycles. The lowest BCUT2D eigenvalue weighted by Crippen LogP contribution is -2.46. The summed E-state index contributed by atoms with van der Waals surface area (Å²) in [7, 11) is 1.56. The van der Waals surface area contributed by atoms with Crippen LogP contribution >= 0.6 is 0 Å². The predicted octanol–water partition coefficient (Wildman–Crippen LogP) is 5.37. The van der Waals surface area contributed by atoms with E-state index in [2.05, 4.69) is 36.1 Å². The molecule has 0 aromatic carbocycles. The standard InChI is InChI=1S/C25H35FN4O3/c1-16-12-25(5,6)20(15-30(14-16)23(31)33-24(2,3)4)29-19-10-18(13-28-22(19)32-7)17-8-9-27-21(26)11-17/h8-11,13,16,20,29H,12,14-15H2,1-7H3. The Labute approximate surface area is 195 Å². The van der Waals surface area contributed by atoms with Crippen LogP contribution in [0.1, 0.15) is 48.0 Å². The smallest absolute Gasteiger partial charge is 0.410 e. The van der Waals surface area contributed by atoms with E-state index in [9.17, 15) is 9.18 Å². The van der Waals surface area contributed by atoms with Gasteiger partial charge >= 0.3 is 6.09 Å². The Bertz CT molecular complexity index is 990. The highest BCUT2D eigenvalue weighted by molar-refractivity contribution is 5.70. The van der Waals surface area contributed by atoms with E-state index in [-0.39, 0.29) is 17.6 Å². The first-order chi connectivity index (χ1) is 15.4. The summed E-state index contributed by atoms with van der Waals surface area (Å²) in [5.41, 5.74) is 1.41. The maximum atomic E-state index is 13.7. The molecule has 2 aromatic rings. The van der Waals surface area contributed by atoms with Gasteiger partial charge in [0.05, 0.1) is 12.8 Å². The molecule has 7 nitrogen and oxygen atoms in total. The fourth-order valence-corrected chi connectivity index (χ4v) is 4.39. The molecule has 2 aromatic heterocycles. The topological polar surface area (TPSA) is 76.6 Å². The van der Waals surface area contributed by atoms with E-state index in [0.29, 0.717) is 36.1 Å². The number of ether oxygens (including phenoxy) is 2. The lowest BCUT2D eigenvalue weighted by atomic mass is 9.78. The van der Waals surface area contributed by atoms with Crippen molar-refractivity contribution in [3.63, 3.8) is 0 Å². The van der Waals surface area contributed by atoms with Crippen LogP contribution < -0.4 is 10.1 Å². The highest BCUT2D eigenvalue weighted by atomic mass is 19.1. The van der Waals surface area contributed by atoms with Gasteiger partial charge in [-0.2, -0.15) is 4.39 Å². The zero-order chi connectivity index (χ0) is 24.4. The number of rotatable bonds is 4. The highest BCUT2D eigenvalue weighted by Crippen LogP contribution is 2.37. The van der Waals surface area contributed by atoms with E-state index in [4.69, 9.17) is 9.47 Å². The van der Waals surface area contributed by atoms with E-state index in [1.165, 1.54) is 12.3 Å². The van der Waals surface area contributed by atoms with Crippen LogP contribution in [-0.2, 0) is 4.74 Å². The molecule has 1 aliphatic rings. The molecule has 3 rings (SSSR count). The molecule has 1 saturated heterocycles. The van der Waals surface area contributed by atoms with Gasteiger partial charge in [0.2, 0.25) is 11.8 Å². The molecule has 0 bridgehead atoms. The third-order valence-electron chi connectivity index (χ3n) is 5.84. The van der Waals surface area contributed by atoms with Crippen LogP contribution in [0.4, 0.5) is 14.9 Å². The Kier molecular flexibility index (Phi) is 7.14. The minimum Gasteiger partial charge on any atom is -0.480 e. The lowest BCUT2D eigenvalue weighted by Gasteiger charge is -2.36. The molecule has 0 spiro atoms. The SMILES string of the molecule is COc1ncc(-c2ccnc(F)c2)cc1NC1CN(C(=O)OC(C)(C)C)CC(C)CC1(C)C. The van der Waals surface area contributed by atoms with Crippen molar-refractivity contribution in [1.82, 2.24) is 14.9 Å². The van der Waals surface area contributed by atoms with Gasteiger partial charge < -0.3 is 19.7 Å². The van der Waals surface area contributed by atoms with Gasteiger partial charge in [0.15, 0.2) is 0 Å². The second kappa shape index (κ2) is 9.53. The lowest BCUT2D eigenvalue weighted by molar-refractivity contribution is 0.0230. The first-order valence-electron chi connectivity index (χ1n) is 11.3. The van der Waals surface area contributed by atoms with Gasteiger partial charge in [0.1, 0.15) is 5.60 Å². The summed E-state index contributed by atoms with van der Waals surface area (Å²) in [5.74, 6) is 0.195.